The summed E-state index contributed by atoms with van der Waals surface area (Å²) in [5, 5.41) is 0. The van der Waals surface area contributed by atoms with Crippen LogP contribution >= 0.6 is 0 Å². The van der Waals surface area contributed by atoms with Crippen molar-refractivity contribution >= 4 is 0 Å². The highest BCUT2D eigenvalue weighted by atomic mass is 16.5. The van der Waals surface area contributed by atoms with Crippen LogP contribution in [0.15, 0.2) is 18.5 Å². The van der Waals surface area contributed by atoms with E-state index in [-0.39, 0.29) is 6.04 Å². The second-order valence-electron chi connectivity index (χ2n) is 4.29. The molecule has 2 atom stereocenters. The summed E-state index contributed by atoms with van der Waals surface area (Å²) >= 11 is 0. The van der Waals surface area contributed by atoms with E-state index < -0.39 is 0 Å². The fourth-order valence-corrected chi connectivity index (χ4v) is 1.45. The number of rotatable bonds is 4. The molecule has 2 N–H and O–H groups in total. The predicted molar refractivity (Wildman–Crippen MR) is 61.7 cm³/mol. The van der Waals surface area contributed by atoms with Gasteiger partial charge in [-0.25, -0.2) is 0 Å². The molecule has 0 aliphatic heterocycles. The molecule has 0 aliphatic rings. The first kappa shape index (κ1) is 12.0. The minimum atomic E-state index is 0.0209. The van der Waals surface area contributed by atoms with E-state index >= 15 is 0 Å². The van der Waals surface area contributed by atoms with Crippen molar-refractivity contribution in [3.63, 3.8) is 0 Å². The van der Waals surface area contributed by atoms with Crippen LogP contribution in [0, 0.1) is 11.8 Å². The van der Waals surface area contributed by atoms with Gasteiger partial charge in [0.25, 0.3) is 0 Å². The quantitative estimate of drug-likeness (QED) is 0.826. The molecule has 0 spiro atoms. The van der Waals surface area contributed by atoms with Gasteiger partial charge in [-0.15, -0.1) is 0 Å². The Labute approximate surface area is 91.7 Å². The average molecular weight is 208 g/mol. The minimum Gasteiger partial charge on any atom is -0.495 e. The molecule has 1 heterocycles. The van der Waals surface area contributed by atoms with E-state index in [0.717, 1.165) is 11.3 Å². The van der Waals surface area contributed by atoms with Crippen molar-refractivity contribution in [3.05, 3.63) is 24.0 Å². The summed E-state index contributed by atoms with van der Waals surface area (Å²) in [7, 11) is 1.64. The molecule has 1 aromatic heterocycles. The van der Waals surface area contributed by atoms with Gasteiger partial charge in [-0.2, -0.15) is 0 Å². The summed E-state index contributed by atoms with van der Waals surface area (Å²) in [6.45, 7) is 6.52. The zero-order valence-electron chi connectivity index (χ0n) is 9.90. The van der Waals surface area contributed by atoms with Gasteiger partial charge in [0.1, 0.15) is 5.75 Å². The molecule has 0 saturated carbocycles. The van der Waals surface area contributed by atoms with Crippen molar-refractivity contribution in [1.29, 1.82) is 0 Å². The molecule has 0 aromatic carbocycles. The predicted octanol–water partition coefficient (Wildman–Crippen LogP) is 2.38. The van der Waals surface area contributed by atoms with E-state index in [1.807, 2.05) is 12.3 Å². The number of nitrogens with zero attached hydrogens (tertiary/aromatic N) is 1. The number of pyridine rings is 1. The largest absolute Gasteiger partial charge is 0.495 e. The van der Waals surface area contributed by atoms with Crippen LogP contribution in [0.1, 0.15) is 32.4 Å². The highest BCUT2D eigenvalue weighted by Gasteiger charge is 2.18. The lowest BCUT2D eigenvalue weighted by Crippen LogP contribution is -2.23. The molecule has 0 radical (unpaired) electrons. The summed E-state index contributed by atoms with van der Waals surface area (Å²) in [5.74, 6) is 1.75. The van der Waals surface area contributed by atoms with Crippen LogP contribution in [-0.4, -0.2) is 12.1 Å². The van der Waals surface area contributed by atoms with E-state index in [0.29, 0.717) is 11.8 Å². The highest BCUT2D eigenvalue weighted by Crippen LogP contribution is 2.26. The van der Waals surface area contributed by atoms with Crippen molar-refractivity contribution in [2.24, 2.45) is 17.6 Å². The Kier molecular flexibility index (Phi) is 4.09. The molecular formula is C12H20N2O. The smallest absolute Gasteiger partial charge is 0.137 e. The summed E-state index contributed by atoms with van der Waals surface area (Å²) in [4.78, 5) is 4.11. The van der Waals surface area contributed by atoms with E-state index in [1.54, 1.807) is 13.3 Å². The SMILES string of the molecule is COc1cncc(C(N)C(C)C(C)C)c1. The number of hydrogen-bond donors (Lipinski definition) is 1. The third kappa shape index (κ3) is 2.93. The third-order valence-corrected chi connectivity index (χ3v) is 2.97. The monoisotopic (exact) mass is 208 g/mol. The Balaban J connectivity index is 2.85. The Morgan fingerprint density at radius 1 is 1.27 bits per heavy atom. The number of aromatic nitrogens is 1. The maximum atomic E-state index is 6.17. The standard InChI is InChI=1S/C12H20N2O/c1-8(2)9(3)12(13)10-5-11(15-4)7-14-6-10/h5-9,12H,13H2,1-4H3. The maximum absolute atomic E-state index is 6.17. The fraction of sp³-hybridized carbons (Fsp3) is 0.583. The number of methoxy groups -OCH3 is 1. The molecule has 0 fully saturated rings. The summed E-state index contributed by atoms with van der Waals surface area (Å²) < 4.78 is 5.13. The first-order chi connectivity index (χ1) is 7.06. The number of ether oxygens (including phenoxy) is 1. The van der Waals surface area contributed by atoms with Crippen LogP contribution in [0.4, 0.5) is 0 Å². The van der Waals surface area contributed by atoms with Crippen LogP contribution in [0.25, 0.3) is 0 Å². The van der Waals surface area contributed by atoms with Crippen LogP contribution < -0.4 is 10.5 Å². The Bertz CT molecular complexity index is 312. The summed E-state index contributed by atoms with van der Waals surface area (Å²) in [6.07, 6.45) is 3.50. The lowest BCUT2D eigenvalue weighted by atomic mass is 9.87. The topological polar surface area (TPSA) is 48.1 Å². The second-order valence-corrected chi connectivity index (χ2v) is 4.29. The Hall–Kier alpha value is -1.09. The van der Waals surface area contributed by atoms with Crippen LogP contribution in [-0.2, 0) is 0 Å². The number of nitrogens with two attached hydrogens (primary N) is 1. The molecule has 3 heteroatoms. The second kappa shape index (κ2) is 5.12. The van der Waals surface area contributed by atoms with Gasteiger partial charge < -0.3 is 10.5 Å². The van der Waals surface area contributed by atoms with Gasteiger partial charge in [-0.05, 0) is 23.5 Å². The van der Waals surface area contributed by atoms with Gasteiger partial charge in [0.2, 0.25) is 0 Å². The van der Waals surface area contributed by atoms with Gasteiger partial charge in [-0.3, -0.25) is 4.98 Å². The molecular weight excluding hydrogens is 188 g/mol. The summed E-state index contributed by atoms with van der Waals surface area (Å²) in [5.41, 5.74) is 7.21. The molecule has 0 bridgehead atoms. The number of hydrogen-bond acceptors (Lipinski definition) is 3. The van der Waals surface area contributed by atoms with Gasteiger partial charge in [0.05, 0.1) is 13.3 Å². The van der Waals surface area contributed by atoms with Crippen molar-refractivity contribution in [2.75, 3.05) is 7.11 Å². The Morgan fingerprint density at radius 2 is 1.93 bits per heavy atom. The normalized spacial score (nSPS) is 15.1. The molecule has 0 aliphatic carbocycles. The average Bonchev–Trinajstić information content (AvgIpc) is 2.27. The molecule has 84 valence electrons. The van der Waals surface area contributed by atoms with Crippen molar-refractivity contribution in [3.8, 4) is 5.75 Å². The first-order valence-corrected chi connectivity index (χ1v) is 5.30. The van der Waals surface area contributed by atoms with Crippen molar-refractivity contribution < 1.29 is 4.74 Å². The van der Waals surface area contributed by atoms with E-state index in [9.17, 15) is 0 Å². The third-order valence-electron chi connectivity index (χ3n) is 2.97. The lowest BCUT2D eigenvalue weighted by molar-refractivity contribution is 0.349. The van der Waals surface area contributed by atoms with Crippen molar-refractivity contribution in [1.82, 2.24) is 4.98 Å². The Morgan fingerprint density at radius 3 is 2.47 bits per heavy atom. The van der Waals surface area contributed by atoms with Crippen LogP contribution in [0.5, 0.6) is 5.75 Å². The molecule has 2 unspecified atom stereocenters. The van der Waals surface area contributed by atoms with Crippen LogP contribution in [0.2, 0.25) is 0 Å². The van der Waals surface area contributed by atoms with E-state index in [4.69, 9.17) is 10.5 Å². The minimum absolute atomic E-state index is 0.0209. The van der Waals surface area contributed by atoms with Gasteiger partial charge >= 0.3 is 0 Å². The van der Waals surface area contributed by atoms with Crippen LogP contribution in [0.3, 0.4) is 0 Å². The summed E-state index contributed by atoms with van der Waals surface area (Å²) in [6, 6.07) is 1.98. The molecule has 1 rings (SSSR count). The molecule has 3 nitrogen and oxygen atoms in total. The fourth-order valence-electron chi connectivity index (χ4n) is 1.45. The van der Waals surface area contributed by atoms with E-state index in [2.05, 4.69) is 25.8 Å². The van der Waals surface area contributed by atoms with Crippen molar-refractivity contribution in [2.45, 2.75) is 26.8 Å². The molecule has 15 heavy (non-hydrogen) atoms. The van der Waals surface area contributed by atoms with E-state index in [1.165, 1.54) is 0 Å². The zero-order chi connectivity index (χ0) is 11.4. The molecule has 1 aromatic rings. The lowest BCUT2D eigenvalue weighted by Gasteiger charge is -2.23. The molecule has 0 saturated heterocycles. The zero-order valence-corrected chi connectivity index (χ0v) is 9.90. The molecule has 0 amide bonds. The highest BCUT2D eigenvalue weighted by molar-refractivity contribution is 5.26. The van der Waals surface area contributed by atoms with Gasteiger partial charge in [0, 0.05) is 12.2 Å². The maximum Gasteiger partial charge on any atom is 0.137 e. The van der Waals surface area contributed by atoms with Gasteiger partial charge in [0.15, 0.2) is 0 Å². The first-order valence-electron chi connectivity index (χ1n) is 5.30. The van der Waals surface area contributed by atoms with Gasteiger partial charge in [-0.1, -0.05) is 20.8 Å².